The minimum absolute atomic E-state index is 0.0819. The van der Waals surface area contributed by atoms with Crippen molar-refractivity contribution in [3.63, 3.8) is 0 Å². The SMILES string of the molecule is O=[N+]([O-])c1ccc(Nc2ncnc3c2CCC3)cc1. The van der Waals surface area contributed by atoms with Crippen LogP contribution < -0.4 is 5.32 Å². The molecule has 0 spiro atoms. The van der Waals surface area contributed by atoms with Gasteiger partial charge in [0, 0.05) is 29.1 Å². The van der Waals surface area contributed by atoms with Crippen molar-refractivity contribution in [1.29, 1.82) is 0 Å². The van der Waals surface area contributed by atoms with Crippen LogP contribution in [0.1, 0.15) is 17.7 Å². The highest BCUT2D eigenvalue weighted by atomic mass is 16.6. The van der Waals surface area contributed by atoms with Crippen molar-refractivity contribution in [2.24, 2.45) is 0 Å². The number of hydrogen-bond donors (Lipinski definition) is 1. The summed E-state index contributed by atoms with van der Waals surface area (Å²) in [4.78, 5) is 18.7. The Morgan fingerprint density at radius 3 is 2.68 bits per heavy atom. The highest BCUT2D eigenvalue weighted by Gasteiger charge is 2.17. The number of nitrogens with zero attached hydrogens (tertiary/aromatic N) is 3. The van der Waals surface area contributed by atoms with Crippen LogP contribution in [0.4, 0.5) is 17.2 Å². The normalized spacial score (nSPS) is 13.1. The van der Waals surface area contributed by atoms with Gasteiger partial charge in [-0.25, -0.2) is 9.97 Å². The molecule has 0 fully saturated rings. The van der Waals surface area contributed by atoms with Crippen LogP contribution in [0.2, 0.25) is 0 Å². The molecule has 1 aliphatic carbocycles. The number of nitro benzene ring substituents is 1. The van der Waals surface area contributed by atoms with Crippen molar-refractivity contribution in [2.45, 2.75) is 19.3 Å². The van der Waals surface area contributed by atoms with E-state index in [0.717, 1.165) is 42.0 Å². The number of nitro groups is 1. The molecule has 96 valence electrons. The summed E-state index contributed by atoms with van der Waals surface area (Å²) in [5.41, 5.74) is 3.12. The van der Waals surface area contributed by atoms with Crippen LogP contribution in [0, 0.1) is 10.1 Å². The molecule has 1 aromatic carbocycles. The van der Waals surface area contributed by atoms with Gasteiger partial charge in [0.1, 0.15) is 12.1 Å². The maximum absolute atomic E-state index is 10.6. The molecule has 0 amide bonds. The number of benzene rings is 1. The van der Waals surface area contributed by atoms with Crippen LogP contribution in [0.25, 0.3) is 0 Å². The summed E-state index contributed by atoms with van der Waals surface area (Å²) in [7, 11) is 0. The van der Waals surface area contributed by atoms with E-state index < -0.39 is 4.92 Å². The van der Waals surface area contributed by atoms with Gasteiger partial charge < -0.3 is 5.32 Å². The van der Waals surface area contributed by atoms with Gasteiger partial charge >= 0.3 is 0 Å². The monoisotopic (exact) mass is 256 g/mol. The maximum Gasteiger partial charge on any atom is 0.269 e. The molecule has 1 heterocycles. The molecule has 1 N–H and O–H groups in total. The van der Waals surface area contributed by atoms with Gasteiger partial charge in [0.2, 0.25) is 0 Å². The summed E-state index contributed by atoms with van der Waals surface area (Å²) in [6.45, 7) is 0. The highest BCUT2D eigenvalue weighted by Crippen LogP contribution is 2.27. The summed E-state index contributed by atoms with van der Waals surface area (Å²) < 4.78 is 0. The fourth-order valence-electron chi connectivity index (χ4n) is 2.27. The van der Waals surface area contributed by atoms with Crippen molar-refractivity contribution in [3.05, 3.63) is 52.0 Å². The molecule has 2 aromatic rings. The van der Waals surface area contributed by atoms with Crippen LogP contribution in [0.5, 0.6) is 0 Å². The highest BCUT2D eigenvalue weighted by molar-refractivity contribution is 5.61. The summed E-state index contributed by atoms with van der Waals surface area (Å²) in [6.07, 6.45) is 4.62. The number of aromatic nitrogens is 2. The lowest BCUT2D eigenvalue weighted by molar-refractivity contribution is -0.384. The van der Waals surface area contributed by atoms with Crippen molar-refractivity contribution in [3.8, 4) is 0 Å². The number of non-ortho nitro benzene ring substituents is 1. The first-order chi connectivity index (χ1) is 9.24. The second-order valence-corrected chi connectivity index (χ2v) is 4.43. The molecule has 0 radical (unpaired) electrons. The summed E-state index contributed by atoms with van der Waals surface area (Å²) in [5, 5.41) is 13.8. The predicted octanol–water partition coefficient (Wildman–Crippen LogP) is 2.62. The van der Waals surface area contributed by atoms with E-state index in [0.29, 0.717) is 0 Å². The van der Waals surface area contributed by atoms with Crippen LogP contribution >= 0.6 is 0 Å². The first kappa shape index (κ1) is 11.6. The quantitative estimate of drug-likeness (QED) is 0.674. The predicted molar refractivity (Wildman–Crippen MR) is 70.4 cm³/mol. The zero-order valence-corrected chi connectivity index (χ0v) is 10.2. The molecule has 6 nitrogen and oxygen atoms in total. The molecule has 0 aliphatic heterocycles. The van der Waals surface area contributed by atoms with Crippen molar-refractivity contribution < 1.29 is 4.92 Å². The van der Waals surface area contributed by atoms with Gasteiger partial charge in [-0.3, -0.25) is 10.1 Å². The smallest absolute Gasteiger partial charge is 0.269 e. The lowest BCUT2D eigenvalue weighted by Crippen LogP contribution is -2.00. The van der Waals surface area contributed by atoms with Gasteiger partial charge in [-0.2, -0.15) is 0 Å². The third-order valence-corrected chi connectivity index (χ3v) is 3.22. The molecule has 0 saturated heterocycles. The fraction of sp³-hybridized carbons (Fsp3) is 0.231. The van der Waals surface area contributed by atoms with E-state index in [2.05, 4.69) is 15.3 Å². The van der Waals surface area contributed by atoms with E-state index in [1.54, 1.807) is 18.5 Å². The molecule has 3 rings (SSSR count). The van der Waals surface area contributed by atoms with E-state index in [-0.39, 0.29) is 5.69 Å². The average Bonchev–Trinajstić information content (AvgIpc) is 2.89. The Labute approximate surface area is 109 Å². The second kappa shape index (κ2) is 4.64. The fourth-order valence-corrected chi connectivity index (χ4v) is 2.27. The minimum atomic E-state index is -0.411. The number of nitrogens with one attached hydrogen (secondary N) is 1. The minimum Gasteiger partial charge on any atom is -0.340 e. The second-order valence-electron chi connectivity index (χ2n) is 4.43. The average molecular weight is 256 g/mol. The molecule has 0 atom stereocenters. The van der Waals surface area contributed by atoms with E-state index >= 15 is 0 Å². The number of aryl methyl sites for hydroxylation is 1. The molecule has 1 aliphatic rings. The summed E-state index contributed by atoms with van der Waals surface area (Å²) >= 11 is 0. The molecule has 0 bridgehead atoms. The topological polar surface area (TPSA) is 81.0 Å². The molecule has 19 heavy (non-hydrogen) atoms. The van der Waals surface area contributed by atoms with Crippen molar-refractivity contribution in [2.75, 3.05) is 5.32 Å². The standard InChI is InChI=1S/C13H12N4O2/c18-17(19)10-6-4-9(5-7-10)16-13-11-2-1-3-12(11)14-8-15-13/h4-8H,1-3H2,(H,14,15,16). The number of anilines is 2. The first-order valence-corrected chi connectivity index (χ1v) is 6.08. The Balaban J connectivity index is 1.86. The van der Waals surface area contributed by atoms with Crippen molar-refractivity contribution in [1.82, 2.24) is 9.97 Å². The molecule has 1 aromatic heterocycles. The molecular formula is C13H12N4O2. The lowest BCUT2D eigenvalue weighted by atomic mass is 10.2. The maximum atomic E-state index is 10.6. The molecular weight excluding hydrogens is 244 g/mol. The van der Waals surface area contributed by atoms with Crippen LogP contribution in [-0.2, 0) is 12.8 Å². The largest absolute Gasteiger partial charge is 0.340 e. The Bertz CT molecular complexity index is 625. The number of rotatable bonds is 3. The third-order valence-electron chi connectivity index (χ3n) is 3.22. The van der Waals surface area contributed by atoms with Gasteiger partial charge in [0.05, 0.1) is 4.92 Å². The first-order valence-electron chi connectivity index (χ1n) is 6.08. The lowest BCUT2D eigenvalue weighted by Gasteiger charge is -2.09. The zero-order chi connectivity index (χ0) is 13.2. The number of fused-ring (bicyclic) bond motifs is 1. The summed E-state index contributed by atoms with van der Waals surface area (Å²) in [5.74, 6) is 0.802. The van der Waals surface area contributed by atoms with Crippen LogP contribution in [0.3, 0.4) is 0 Å². The van der Waals surface area contributed by atoms with Crippen LogP contribution in [0.15, 0.2) is 30.6 Å². The summed E-state index contributed by atoms with van der Waals surface area (Å²) in [6, 6.07) is 6.32. The van der Waals surface area contributed by atoms with E-state index in [9.17, 15) is 10.1 Å². The zero-order valence-electron chi connectivity index (χ0n) is 10.2. The van der Waals surface area contributed by atoms with Crippen molar-refractivity contribution >= 4 is 17.2 Å². The van der Waals surface area contributed by atoms with E-state index in [4.69, 9.17) is 0 Å². The third kappa shape index (κ3) is 2.24. The molecule has 6 heteroatoms. The molecule has 0 unspecified atom stereocenters. The van der Waals surface area contributed by atoms with Gasteiger partial charge in [-0.05, 0) is 31.4 Å². The Morgan fingerprint density at radius 2 is 1.95 bits per heavy atom. The van der Waals surface area contributed by atoms with Gasteiger partial charge in [0.15, 0.2) is 0 Å². The Hall–Kier alpha value is -2.50. The molecule has 0 saturated carbocycles. The Morgan fingerprint density at radius 1 is 1.16 bits per heavy atom. The van der Waals surface area contributed by atoms with E-state index in [1.807, 2.05) is 0 Å². The van der Waals surface area contributed by atoms with Gasteiger partial charge in [-0.15, -0.1) is 0 Å². The van der Waals surface area contributed by atoms with E-state index in [1.165, 1.54) is 12.1 Å². The number of hydrogen-bond acceptors (Lipinski definition) is 5. The Kier molecular flexibility index (Phi) is 2.83. The van der Waals surface area contributed by atoms with Crippen LogP contribution in [-0.4, -0.2) is 14.9 Å². The van der Waals surface area contributed by atoms with Gasteiger partial charge in [-0.1, -0.05) is 0 Å². The van der Waals surface area contributed by atoms with Gasteiger partial charge in [0.25, 0.3) is 5.69 Å².